The lowest BCUT2D eigenvalue weighted by molar-refractivity contribution is -0.121. The molecule has 0 radical (unpaired) electrons. The Morgan fingerprint density at radius 2 is 1.62 bits per heavy atom. The highest BCUT2D eigenvalue weighted by molar-refractivity contribution is 8.15. The normalized spacial score (nSPS) is 18.4. The molecule has 2 aliphatic heterocycles. The van der Waals surface area contributed by atoms with Crippen molar-refractivity contribution < 1.29 is 23.8 Å². The van der Waals surface area contributed by atoms with Crippen molar-refractivity contribution in [1.82, 2.24) is 5.01 Å². The molecule has 5 rings (SSSR count). The van der Waals surface area contributed by atoms with Gasteiger partial charge in [-0.3, -0.25) is 9.59 Å². The number of anilines is 1. The van der Waals surface area contributed by atoms with E-state index in [1.54, 1.807) is 50.6 Å². The van der Waals surface area contributed by atoms with Crippen LogP contribution in [0.3, 0.4) is 0 Å². The van der Waals surface area contributed by atoms with Gasteiger partial charge in [0.05, 0.1) is 33.1 Å². The molecule has 2 aliphatic rings. The zero-order valence-corrected chi connectivity index (χ0v) is 22.6. The van der Waals surface area contributed by atoms with E-state index in [4.69, 9.17) is 19.3 Å². The molecule has 200 valence electrons. The van der Waals surface area contributed by atoms with E-state index in [-0.39, 0.29) is 24.3 Å². The molecule has 3 aromatic rings. The van der Waals surface area contributed by atoms with E-state index in [1.165, 1.54) is 11.8 Å². The molecule has 0 aliphatic carbocycles. The maximum atomic E-state index is 12.9. The van der Waals surface area contributed by atoms with Crippen molar-refractivity contribution in [2.45, 2.75) is 24.1 Å². The molecule has 0 aromatic heterocycles. The summed E-state index contributed by atoms with van der Waals surface area (Å²) < 4.78 is 15.9. The van der Waals surface area contributed by atoms with Gasteiger partial charge in [0.25, 0.3) is 5.91 Å². The Kier molecular flexibility index (Phi) is 7.83. The van der Waals surface area contributed by atoms with Gasteiger partial charge in [-0.25, -0.2) is 5.01 Å². The van der Waals surface area contributed by atoms with E-state index in [2.05, 4.69) is 10.3 Å². The SMILES string of the molecule is COc1ccc(NC(=O)C[C@@H]2SC(N3N=C(c4cccc(OC)c4)C[C@@H]3c3ccc(OC)cc3)=NC2=O)cc1. The number of amides is 2. The summed E-state index contributed by atoms with van der Waals surface area (Å²) in [5.74, 6) is 1.57. The van der Waals surface area contributed by atoms with E-state index < -0.39 is 5.25 Å². The minimum atomic E-state index is -0.633. The van der Waals surface area contributed by atoms with Gasteiger partial charge in [-0.15, -0.1) is 0 Å². The first kappa shape index (κ1) is 26.3. The highest BCUT2D eigenvalue weighted by Crippen LogP contribution is 2.39. The van der Waals surface area contributed by atoms with Crippen molar-refractivity contribution in [2.24, 2.45) is 10.1 Å². The first-order chi connectivity index (χ1) is 19.0. The van der Waals surface area contributed by atoms with Crippen LogP contribution in [-0.2, 0) is 9.59 Å². The molecule has 39 heavy (non-hydrogen) atoms. The summed E-state index contributed by atoms with van der Waals surface area (Å²) in [6.45, 7) is 0. The number of nitrogens with zero attached hydrogens (tertiary/aromatic N) is 3. The maximum absolute atomic E-state index is 12.9. The van der Waals surface area contributed by atoms with E-state index in [1.807, 2.05) is 48.5 Å². The van der Waals surface area contributed by atoms with Crippen molar-refractivity contribution in [3.05, 3.63) is 83.9 Å². The molecule has 2 amide bonds. The molecule has 2 atom stereocenters. The number of hydrogen-bond donors (Lipinski definition) is 1. The fourth-order valence-electron chi connectivity index (χ4n) is 4.41. The van der Waals surface area contributed by atoms with Gasteiger partial charge in [-0.1, -0.05) is 36.0 Å². The number of thioether (sulfide) groups is 1. The number of hydrazone groups is 1. The van der Waals surface area contributed by atoms with E-state index in [0.29, 0.717) is 23.0 Å². The van der Waals surface area contributed by atoms with Crippen molar-refractivity contribution in [1.29, 1.82) is 0 Å². The lowest BCUT2D eigenvalue weighted by Gasteiger charge is -2.23. The van der Waals surface area contributed by atoms with Gasteiger partial charge >= 0.3 is 0 Å². The standard InChI is InChI=1S/C29H28N4O5S/c1-36-21-11-7-18(8-12-21)25-16-24(19-5-4-6-23(15-19)38-3)32-33(25)29-31-28(35)26(39-29)17-27(34)30-20-9-13-22(37-2)14-10-20/h4-15,25-26H,16-17H2,1-3H3,(H,30,34)/t25-,26+/m1/s1. The van der Waals surface area contributed by atoms with E-state index in [9.17, 15) is 9.59 Å². The largest absolute Gasteiger partial charge is 0.497 e. The van der Waals surface area contributed by atoms with Crippen LogP contribution >= 0.6 is 11.8 Å². The molecule has 0 saturated carbocycles. The Labute approximate surface area is 230 Å². The first-order valence-corrected chi connectivity index (χ1v) is 13.2. The smallest absolute Gasteiger partial charge is 0.262 e. The molecule has 9 nitrogen and oxygen atoms in total. The molecule has 0 bridgehead atoms. The Morgan fingerprint density at radius 3 is 2.28 bits per heavy atom. The van der Waals surface area contributed by atoms with Crippen LogP contribution < -0.4 is 19.5 Å². The van der Waals surface area contributed by atoms with E-state index in [0.717, 1.165) is 28.3 Å². The fraction of sp³-hybridized carbons (Fsp3) is 0.241. The summed E-state index contributed by atoms with van der Waals surface area (Å²) in [5.41, 5.74) is 3.42. The molecular formula is C29H28N4O5S. The molecule has 2 heterocycles. The summed E-state index contributed by atoms with van der Waals surface area (Å²) in [6.07, 6.45) is 0.603. The van der Waals surface area contributed by atoms with Gasteiger partial charge in [-0.2, -0.15) is 10.1 Å². The number of carbonyl (C=O) groups excluding carboxylic acids is 2. The minimum absolute atomic E-state index is 0.00394. The lowest BCUT2D eigenvalue weighted by atomic mass is 9.98. The number of rotatable bonds is 8. The first-order valence-electron chi connectivity index (χ1n) is 12.4. The molecule has 0 fully saturated rings. The van der Waals surface area contributed by atoms with Crippen LogP contribution in [0.1, 0.15) is 30.0 Å². The van der Waals surface area contributed by atoms with Gasteiger partial charge < -0.3 is 19.5 Å². The molecule has 1 N–H and O–H groups in total. The summed E-state index contributed by atoms with van der Waals surface area (Å²) in [6, 6.07) is 22.4. The number of benzene rings is 3. The van der Waals surface area contributed by atoms with Crippen molar-refractivity contribution in [3.63, 3.8) is 0 Å². The number of hydrogen-bond acceptors (Lipinski definition) is 8. The van der Waals surface area contributed by atoms with Crippen LogP contribution in [0.25, 0.3) is 0 Å². The molecule has 0 spiro atoms. The number of amidine groups is 1. The van der Waals surface area contributed by atoms with Crippen LogP contribution in [-0.4, -0.2) is 54.3 Å². The predicted octanol–water partition coefficient (Wildman–Crippen LogP) is 4.89. The van der Waals surface area contributed by atoms with Gasteiger partial charge in [0, 0.05) is 24.1 Å². The second kappa shape index (κ2) is 11.6. The van der Waals surface area contributed by atoms with Gasteiger partial charge in [-0.05, 0) is 54.1 Å². The Balaban J connectivity index is 1.34. The highest BCUT2D eigenvalue weighted by atomic mass is 32.2. The fourth-order valence-corrected chi connectivity index (χ4v) is 5.47. The molecule has 10 heteroatoms. The van der Waals surface area contributed by atoms with Crippen molar-refractivity contribution in [3.8, 4) is 17.2 Å². The Hall–Kier alpha value is -4.31. The summed E-state index contributed by atoms with van der Waals surface area (Å²) in [5, 5.41) is 9.36. The number of carbonyl (C=O) groups is 2. The van der Waals surface area contributed by atoms with E-state index >= 15 is 0 Å². The number of aliphatic imine (C=N–C) groups is 1. The molecule has 0 unspecified atom stereocenters. The third-order valence-corrected chi connectivity index (χ3v) is 7.63. The second-order valence-electron chi connectivity index (χ2n) is 8.94. The Morgan fingerprint density at radius 1 is 0.949 bits per heavy atom. The number of ether oxygens (including phenoxy) is 3. The van der Waals surface area contributed by atoms with Crippen LogP contribution in [0.5, 0.6) is 17.2 Å². The second-order valence-corrected chi connectivity index (χ2v) is 10.1. The topological polar surface area (TPSA) is 102 Å². The average molecular weight is 545 g/mol. The van der Waals surface area contributed by atoms with Crippen LogP contribution in [0.4, 0.5) is 5.69 Å². The number of nitrogens with one attached hydrogen (secondary N) is 1. The maximum Gasteiger partial charge on any atom is 0.262 e. The van der Waals surface area contributed by atoms with Crippen LogP contribution in [0, 0.1) is 0 Å². The third-order valence-electron chi connectivity index (χ3n) is 6.48. The minimum Gasteiger partial charge on any atom is -0.497 e. The molecule has 0 saturated heterocycles. The van der Waals surface area contributed by atoms with Crippen LogP contribution in [0.15, 0.2) is 82.9 Å². The monoisotopic (exact) mass is 544 g/mol. The van der Waals surface area contributed by atoms with Gasteiger partial charge in [0.2, 0.25) is 5.91 Å². The molecule has 3 aromatic carbocycles. The highest BCUT2D eigenvalue weighted by Gasteiger charge is 2.39. The zero-order valence-electron chi connectivity index (χ0n) is 21.8. The zero-order chi connectivity index (χ0) is 27.4. The van der Waals surface area contributed by atoms with Gasteiger partial charge in [0.15, 0.2) is 5.17 Å². The van der Waals surface area contributed by atoms with Crippen molar-refractivity contribution in [2.75, 3.05) is 26.6 Å². The Bertz CT molecular complexity index is 1420. The van der Waals surface area contributed by atoms with Crippen molar-refractivity contribution >= 4 is 40.1 Å². The summed E-state index contributed by atoms with van der Waals surface area (Å²) in [7, 11) is 4.83. The average Bonchev–Trinajstić information content (AvgIpc) is 3.57. The quantitative estimate of drug-likeness (QED) is 0.431. The van der Waals surface area contributed by atoms with Gasteiger partial charge in [0.1, 0.15) is 22.5 Å². The third kappa shape index (κ3) is 5.91. The summed E-state index contributed by atoms with van der Waals surface area (Å²) >= 11 is 1.26. The van der Waals surface area contributed by atoms with Crippen LogP contribution in [0.2, 0.25) is 0 Å². The predicted molar refractivity (Wildman–Crippen MR) is 152 cm³/mol. The summed E-state index contributed by atoms with van der Waals surface area (Å²) in [4.78, 5) is 29.9. The molecular weight excluding hydrogens is 516 g/mol. The lowest BCUT2D eigenvalue weighted by Crippen LogP contribution is -2.25. The number of methoxy groups -OCH3 is 3.